The van der Waals surface area contributed by atoms with E-state index < -0.39 is 6.04 Å². The van der Waals surface area contributed by atoms with Gasteiger partial charge in [-0.2, -0.15) is 0 Å². The van der Waals surface area contributed by atoms with E-state index in [1.807, 2.05) is 6.92 Å². The lowest BCUT2D eigenvalue weighted by molar-refractivity contribution is 0.0821. The van der Waals surface area contributed by atoms with Crippen molar-refractivity contribution in [2.45, 2.75) is 38.8 Å². The van der Waals surface area contributed by atoms with Crippen LogP contribution in [0.4, 0.5) is 9.18 Å². The number of likely N-dealkylation sites (N-methyl/N-ethyl adjacent to an activating group) is 1. The lowest BCUT2D eigenvalue weighted by Gasteiger charge is -2.27. The molecule has 6 heteroatoms. The monoisotopic (exact) mass is 324 g/mol. The van der Waals surface area contributed by atoms with Crippen molar-refractivity contribution in [3.05, 3.63) is 29.6 Å². The number of rotatable bonds is 6. The Morgan fingerprint density at radius 2 is 2.35 bits per heavy atom. The predicted octanol–water partition coefficient (Wildman–Crippen LogP) is 3.11. The van der Waals surface area contributed by atoms with Gasteiger partial charge in [0, 0.05) is 19.7 Å². The Bertz CT molecular complexity index is 533. The number of methoxy groups -OCH3 is 1. The third kappa shape index (κ3) is 4.34. The molecule has 0 saturated carbocycles. The summed E-state index contributed by atoms with van der Waals surface area (Å²) >= 11 is 0. The van der Waals surface area contributed by atoms with Crippen molar-refractivity contribution in [2.75, 3.05) is 26.8 Å². The SMILES string of the molecule is CCN(CC1CCCO1)C(=O)NC(C)c1c(F)cccc1OC. The summed E-state index contributed by atoms with van der Waals surface area (Å²) in [5, 5.41) is 2.85. The van der Waals surface area contributed by atoms with Crippen LogP contribution in [0, 0.1) is 5.82 Å². The van der Waals surface area contributed by atoms with Crippen LogP contribution in [-0.4, -0.2) is 43.8 Å². The van der Waals surface area contributed by atoms with Gasteiger partial charge in [0.05, 0.1) is 24.8 Å². The maximum Gasteiger partial charge on any atom is 0.317 e. The smallest absolute Gasteiger partial charge is 0.317 e. The van der Waals surface area contributed by atoms with Gasteiger partial charge in [0.15, 0.2) is 0 Å². The van der Waals surface area contributed by atoms with Gasteiger partial charge in [0.25, 0.3) is 0 Å². The number of halogens is 1. The standard InChI is InChI=1S/C17H25FN2O3/c1-4-20(11-13-7-6-10-23-13)17(21)19-12(2)16-14(18)8-5-9-15(16)22-3/h5,8-9,12-13H,4,6-7,10-11H2,1-3H3,(H,19,21). The number of carbonyl (C=O) groups excluding carboxylic acids is 1. The zero-order chi connectivity index (χ0) is 16.8. The van der Waals surface area contributed by atoms with Crippen molar-refractivity contribution < 1.29 is 18.7 Å². The van der Waals surface area contributed by atoms with Crippen LogP contribution in [0.2, 0.25) is 0 Å². The Labute approximate surface area is 136 Å². The van der Waals surface area contributed by atoms with Crippen LogP contribution in [-0.2, 0) is 4.74 Å². The van der Waals surface area contributed by atoms with Crippen LogP contribution in [0.1, 0.15) is 38.3 Å². The second-order valence-electron chi connectivity index (χ2n) is 5.70. The lowest BCUT2D eigenvalue weighted by atomic mass is 10.1. The highest BCUT2D eigenvalue weighted by atomic mass is 19.1. The summed E-state index contributed by atoms with van der Waals surface area (Å²) < 4.78 is 24.9. The number of nitrogens with zero attached hydrogens (tertiary/aromatic N) is 1. The number of ether oxygens (including phenoxy) is 2. The molecule has 23 heavy (non-hydrogen) atoms. The molecule has 0 radical (unpaired) electrons. The van der Waals surface area contributed by atoms with Gasteiger partial charge >= 0.3 is 6.03 Å². The fourth-order valence-corrected chi connectivity index (χ4v) is 2.85. The number of amides is 2. The van der Waals surface area contributed by atoms with Gasteiger partial charge in [-0.1, -0.05) is 6.07 Å². The molecule has 2 atom stereocenters. The fraction of sp³-hybridized carbons (Fsp3) is 0.588. The average Bonchev–Trinajstić information content (AvgIpc) is 3.04. The molecular weight excluding hydrogens is 299 g/mol. The molecule has 1 aromatic rings. The Morgan fingerprint density at radius 3 is 2.96 bits per heavy atom. The first-order valence-electron chi connectivity index (χ1n) is 8.06. The van der Waals surface area contributed by atoms with Crippen LogP contribution >= 0.6 is 0 Å². The average molecular weight is 324 g/mol. The molecule has 5 nitrogen and oxygen atoms in total. The summed E-state index contributed by atoms with van der Waals surface area (Å²) in [4.78, 5) is 14.1. The van der Waals surface area contributed by atoms with E-state index in [-0.39, 0.29) is 18.0 Å². The summed E-state index contributed by atoms with van der Waals surface area (Å²) in [7, 11) is 1.49. The number of carbonyl (C=O) groups is 1. The molecule has 0 aliphatic carbocycles. The van der Waals surface area contributed by atoms with Crippen molar-refractivity contribution in [3.8, 4) is 5.75 Å². The van der Waals surface area contributed by atoms with Crippen molar-refractivity contribution in [1.29, 1.82) is 0 Å². The van der Waals surface area contributed by atoms with Crippen molar-refractivity contribution in [3.63, 3.8) is 0 Å². The van der Waals surface area contributed by atoms with Gasteiger partial charge in [-0.15, -0.1) is 0 Å². The van der Waals surface area contributed by atoms with Crippen LogP contribution in [0.5, 0.6) is 5.75 Å². The highest BCUT2D eigenvalue weighted by Crippen LogP contribution is 2.27. The number of hydrogen-bond donors (Lipinski definition) is 1. The summed E-state index contributed by atoms with van der Waals surface area (Å²) in [6, 6.07) is 3.93. The van der Waals surface area contributed by atoms with Crippen LogP contribution in [0.3, 0.4) is 0 Å². The third-order valence-electron chi connectivity index (χ3n) is 4.12. The lowest BCUT2D eigenvalue weighted by Crippen LogP contribution is -2.44. The maximum absolute atomic E-state index is 14.1. The molecule has 1 N–H and O–H groups in total. The van der Waals surface area contributed by atoms with Gasteiger partial charge in [-0.05, 0) is 38.8 Å². The van der Waals surface area contributed by atoms with E-state index in [9.17, 15) is 9.18 Å². The summed E-state index contributed by atoms with van der Waals surface area (Å²) in [6.45, 7) is 5.56. The molecule has 2 amide bonds. The van der Waals surface area contributed by atoms with Gasteiger partial charge in [0.1, 0.15) is 11.6 Å². The fourth-order valence-electron chi connectivity index (χ4n) is 2.85. The predicted molar refractivity (Wildman–Crippen MR) is 86.1 cm³/mol. The molecular formula is C17H25FN2O3. The highest BCUT2D eigenvalue weighted by molar-refractivity contribution is 5.74. The minimum absolute atomic E-state index is 0.0963. The first-order valence-corrected chi connectivity index (χ1v) is 8.06. The number of nitrogens with one attached hydrogen (secondary N) is 1. The topological polar surface area (TPSA) is 50.8 Å². The normalized spacial score (nSPS) is 18.5. The Kier molecular flexibility index (Phi) is 6.21. The Hall–Kier alpha value is -1.82. The van der Waals surface area contributed by atoms with E-state index in [0.29, 0.717) is 24.4 Å². The Balaban J connectivity index is 2.03. The van der Waals surface area contributed by atoms with Crippen LogP contribution in [0.15, 0.2) is 18.2 Å². The highest BCUT2D eigenvalue weighted by Gasteiger charge is 2.24. The van der Waals surface area contributed by atoms with Gasteiger partial charge in [-0.3, -0.25) is 0 Å². The molecule has 128 valence electrons. The molecule has 1 saturated heterocycles. The molecule has 0 bridgehead atoms. The van der Waals surface area contributed by atoms with Gasteiger partial charge < -0.3 is 19.7 Å². The largest absolute Gasteiger partial charge is 0.496 e. The van der Waals surface area contributed by atoms with E-state index in [2.05, 4.69) is 5.32 Å². The molecule has 1 fully saturated rings. The molecule has 0 spiro atoms. The Morgan fingerprint density at radius 1 is 1.57 bits per heavy atom. The molecule has 1 aliphatic heterocycles. The first kappa shape index (κ1) is 17.5. The molecule has 2 rings (SSSR count). The van der Waals surface area contributed by atoms with Crippen molar-refractivity contribution in [2.24, 2.45) is 0 Å². The van der Waals surface area contributed by atoms with Crippen molar-refractivity contribution >= 4 is 6.03 Å². The van der Waals surface area contributed by atoms with E-state index in [0.717, 1.165) is 19.4 Å². The summed E-state index contributed by atoms with van der Waals surface area (Å²) in [6.07, 6.45) is 2.10. The van der Waals surface area contributed by atoms with E-state index >= 15 is 0 Å². The number of benzene rings is 1. The molecule has 1 heterocycles. The van der Waals surface area contributed by atoms with Gasteiger partial charge in [0.2, 0.25) is 0 Å². The van der Waals surface area contributed by atoms with Gasteiger partial charge in [-0.25, -0.2) is 9.18 Å². The minimum Gasteiger partial charge on any atom is -0.496 e. The van der Waals surface area contributed by atoms with E-state index in [1.165, 1.54) is 13.2 Å². The zero-order valence-electron chi connectivity index (χ0n) is 14.0. The maximum atomic E-state index is 14.1. The number of urea groups is 1. The van der Waals surface area contributed by atoms with Crippen LogP contribution < -0.4 is 10.1 Å². The second kappa shape index (κ2) is 8.15. The quantitative estimate of drug-likeness (QED) is 0.875. The molecule has 1 aromatic carbocycles. The van der Waals surface area contributed by atoms with Crippen LogP contribution in [0.25, 0.3) is 0 Å². The third-order valence-corrected chi connectivity index (χ3v) is 4.12. The van der Waals surface area contributed by atoms with E-state index in [4.69, 9.17) is 9.47 Å². The molecule has 2 unspecified atom stereocenters. The van der Waals surface area contributed by atoms with E-state index in [1.54, 1.807) is 24.0 Å². The first-order chi connectivity index (χ1) is 11.1. The second-order valence-corrected chi connectivity index (χ2v) is 5.70. The number of hydrogen-bond acceptors (Lipinski definition) is 3. The molecule has 0 aromatic heterocycles. The summed E-state index contributed by atoms with van der Waals surface area (Å²) in [5.74, 6) is 0.0410. The summed E-state index contributed by atoms with van der Waals surface area (Å²) in [5.41, 5.74) is 0.358. The molecule has 1 aliphatic rings. The minimum atomic E-state index is -0.489. The van der Waals surface area contributed by atoms with Crippen molar-refractivity contribution in [1.82, 2.24) is 10.2 Å². The zero-order valence-corrected chi connectivity index (χ0v) is 14.0.